The number of aliphatic hydroxyl groups is 1. The molecule has 7 rings (SSSR count). The van der Waals surface area contributed by atoms with Gasteiger partial charge in [0.15, 0.2) is 5.75 Å². The smallest absolute Gasteiger partial charge is 0.320 e. The summed E-state index contributed by atoms with van der Waals surface area (Å²) in [6, 6.07) is 49.1. The predicted molar refractivity (Wildman–Crippen MR) is 225 cm³/mol. The molecule has 1 fully saturated rings. The molecule has 0 unspecified atom stereocenters. The molecule has 2 aliphatic heterocycles. The van der Waals surface area contributed by atoms with Gasteiger partial charge < -0.3 is 23.4 Å². The van der Waals surface area contributed by atoms with Gasteiger partial charge in [0.2, 0.25) is 0 Å². The van der Waals surface area contributed by atoms with Gasteiger partial charge in [-0.15, -0.1) is 0 Å². The lowest BCUT2D eigenvalue weighted by Crippen LogP contribution is -2.68. The Morgan fingerprint density at radius 2 is 1.11 bits per heavy atom. The zero-order valence-corrected chi connectivity index (χ0v) is 34.7. The average Bonchev–Trinajstić information content (AvgIpc) is 3.50. The van der Waals surface area contributed by atoms with Crippen LogP contribution in [-0.2, 0) is 9.16 Å². The van der Waals surface area contributed by atoms with Gasteiger partial charge in [0.05, 0.1) is 25.9 Å². The molecule has 0 saturated carbocycles. The molecule has 4 atom stereocenters. The van der Waals surface area contributed by atoms with Crippen LogP contribution in [0.3, 0.4) is 0 Å². The molecule has 2 aliphatic rings. The van der Waals surface area contributed by atoms with E-state index in [9.17, 15) is 5.11 Å². The Kier molecular flexibility index (Phi) is 10.4. The van der Waals surface area contributed by atoms with Crippen LogP contribution >= 0.6 is 0 Å². The minimum absolute atomic E-state index is 0.0927. The number of hydrogen-bond donors (Lipinski definition) is 1. The molecule has 0 radical (unpaired) electrons. The fraction of sp³-hybridized carbons (Fsp3) is 0.319. The molecule has 0 aliphatic carbocycles. The largest absolute Gasteiger partial charge is 0.531 e. The zero-order chi connectivity index (χ0) is 38.2. The van der Waals surface area contributed by atoms with E-state index in [1.807, 2.05) is 6.08 Å². The maximum absolute atomic E-state index is 11.1. The van der Waals surface area contributed by atoms with Gasteiger partial charge in [0.25, 0.3) is 8.32 Å². The third-order valence-electron chi connectivity index (χ3n) is 11.6. The molecule has 1 N–H and O–H groups in total. The summed E-state index contributed by atoms with van der Waals surface area (Å²) in [6.45, 7) is 14.1. The van der Waals surface area contributed by atoms with E-state index in [1.165, 1.54) is 20.7 Å². The van der Waals surface area contributed by atoms with Crippen molar-refractivity contribution >= 4 is 37.4 Å². The van der Waals surface area contributed by atoms with Crippen molar-refractivity contribution in [2.75, 3.05) is 13.7 Å². The highest BCUT2D eigenvalue weighted by molar-refractivity contribution is 7.00. The number of fused-ring (bicyclic) bond motifs is 2. The first-order valence-electron chi connectivity index (χ1n) is 19.1. The van der Waals surface area contributed by atoms with E-state index in [-0.39, 0.29) is 22.1 Å². The van der Waals surface area contributed by atoms with Crippen LogP contribution in [0.1, 0.15) is 59.4 Å². The minimum atomic E-state index is -2.91. The Labute approximate surface area is 323 Å². The summed E-state index contributed by atoms with van der Waals surface area (Å²) < 4.78 is 28.0. The average molecular weight is 755 g/mol. The summed E-state index contributed by atoms with van der Waals surface area (Å²) in [6.07, 6.45) is 3.58. The Morgan fingerprint density at radius 1 is 0.648 bits per heavy atom. The number of benzene rings is 5. The molecule has 5 aromatic carbocycles. The summed E-state index contributed by atoms with van der Waals surface area (Å²) in [5, 5.41) is 15.5. The quantitative estimate of drug-likeness (QED) is 0.111. The van der Waals surface area contributed by atoms with Crippen molar-refractivity contribution in [2.24, 2.45) is 0 Å². The monoisotopic (exact) mass is 754 g/mol. The van der Waals surface area contributed by atoms with Gasteiger partial charge in [-0.1, -0.05) is 181 Å². The summed E-state index contributed by atoms with van der Waals surface area (Å²) in [4.78, 5) is 0. The van der Waals surface area contributed by atoms with Crippen LogP contribution in [0.15, 0.2) is 152 Å². The van der Waals surface area contributed by atoms with Crippen LogP contribution in [0, 0.1) is 0 Å². The molecule has 0 spiro atoms. The van der Waals surface area contributed by atoms with Crippen molar-refractivity contribution in [3.8, 4) is 11.5 Å². The molecule has 0 aromatic heterocycles. The maximum Gasteiger partial charge on any atom is 0.320 e. The zero-order valence-electron chi connectivity index (χ0n) is 32.7. The van der Waals surface area contributed by atoms with Crippen molar-refractivity contribution in [1.29, 1.82) is 0 Å². The second-order valence-electron chi connectivity index (χ2n) is 16.9. The molecule has 2 heterocycles. The van der Waals surface area contributed by atoms with Crippen molar-refractivity contribution in [2.45, 2.75) is 81.8 Å². The van der Waals surface area contributed by atoms with Crippen LogP contribution in [0.4, 0.5) is 0 Å². The lowest BCUT2D eigenvalue weighted by atomic mass is 9.82. The highest BCUT2D eigenvalue weighted by Gasteiger charge is 2.57. The van der Waals surface area contributed by atoms with E-state index in [0.717, 1.165) is 5.56 Å². The highest BCUT2D eigenvalue weighted by Crippen LogP contribution is 2.51. The standard InChI is InChI=1S/C47H54O5Si2/c1-45(2,3)53(36-20-12-8-13-21-36,37-22-14-9-15-23-37)50-34-47-31-30-41(48)43(51-47)33-40(47)35-28-29-42(44(32-35)49-7)52-54(46(4,5)6,38-24-16-10-17-25-38)39-26-18-11-19-27-39/h8-32,40-41,43,48H,33-34H2,1-7H3/t40-,41-,43+,47-/m1/s1. The number of aliphatic hydroxyl groups excluding tert-OH is 1. The van der Waals surface area contributed by atoms with Crippen LogP contribution in [0.2, 0.25) is 10.1 Å². The predicted octanol–water partition coefficient (Wildman–Crippen LogP) is 7.75. The van der Waals surface area contributed by atoms with E-state index in [2.05, 4.69) is 187 Å². The van der Waals surface area contributed by atoms with Gasteiger partial charge >= 0.3 is 8.32 Å². The Hall–Kier alpha value is -4.25. The molecule has 0 amide bonds. The van der Waals surface area contributed by atoms with E-state index in [0.29, 0.717) is 24.5 Å². The van der Waals surface area contributed by atoms with Crippen LogP contribution in [-0.4, -0.2) is 53.3 Å². The molecule has 5 nitrogen and oxygen atoms in total. The molecular weight excluding hydrogens is 701 g/mol. The number of hydrogen-bond acceptors (Lipinski definition) is 5. The van der Waals surface area contributed by atoms with Crippen molar-refractivity contribution in [3.63, 3.8) is 0 Å². The van der Waals surface area contributed by atoms with Crippen molar-refractivity contribution in [3.05, 3.63) is 157 Å². The van der Waals surface area contributed by atoms with Gasteiger partial charge in [-0.2, -0.15) is 0 Å². The second-order valence-corrected chi connectivity index (χ2v) is 25.4. The minimum Gasteiger partial charge on any atom is -0.531 e. The third-order valence-corrected chi connectivity index (χ3v) is 21.5. The van der Waals surface area contributed by atoms with Gasteiger partial charge in [0, 0.05) is 5.92 Å². The lowest BCUT2D eigenvalue weighted by molar-refractivity contribution is -0.0852. The van der Waals surface area contributed by atoms with E-state index < -0.39 is 28.3 Å². The molecule has 5 aromatic rings. The SMILES string of the molecule is COc1cc([C@H]2C[C@@H]3O[C@@]2(CO[Si](c2ccccc2)(c2ccccc2)C(C)(C)C)C=C[C@H]3O)ccc1O[Si](c1ccccc1)(c1ccccc1)C(C)(C)C. The van der Waals surface area contributed by atoms with Crippen LogP contribution < -0.4 is 29.9 Å². The molecule has 2 bridgehead atoms. The molecule has 7 heteroatoms. The second kappa shape index (κ2) is 14.8. The fourth-order valence-electron chi connectivity index (χ4n) is 8.98. The summed E-state index contributed by atoms with van der Waals surface area (Å²) in [7, 11) is -4.08. The first kappa shape index (κ1) is 38.0. The lowest BCUT2D eigenvalue weighted by Gasteiger charge is -2.46. The third kappa shape index (κ3) is 6.60. The Balaban J connectivity index is 1.30. The number of methoxy groups -OCH3 is 1. The highest BCUT2D eigenvalue weighted by atomic mass is 28.4. The number of ether oxygens (including phenoxy) is 2. The van der Waals surface area contributed by atoms with Gasteiger partial charge in [-0.3, -0.25) is 0 Å². The Bertz CT molecular complexity index is 1960. The topological polar surface area (TPSA) is 57.2 Å². The fourth-order valence-corrected chi connectivity index (χ4v) is 18.0. The summed E-state index contributed by atoms with van der Waals surface area (Å²) in [5.74, 6) is 1.30. The number of rotatable bonds is 11. The van der Waals surface area contributed by atoms with Crippen molar-refractivity contribution in [1.82, 2.24) is 0 Å². The van der Waals surface area contributed by atoms with E-state index >= 15 is 0 Å². The first-order valence-corrected chi connectivity index (χ1v) is 22.9. The molecule has 54 heavy (non-hydrogen) atoms. The van der Waals surface area contributed by atoms with Crippen molar-refractivity contribution < 1.29 is 23.4 Å². The molecule has 1 saturated heterocycles. The normalized spacial score (nSPS) is 21.5. The van der Waals surface area contributed by atoms with Crippen LogP contribution in [0.5, 0.6) is 11.5 Å². The molecule has 280 valence electrons. The summed E-state index contributed by atoms with van der Waals surface area (Å²) >= 11 is 0. The van der Waals surface area contributed by atoms with E-state index in [4.69, 9.17) is 18.3 Å². The van der Waals surface area contributed by atoms with Gasteiger partial charge in [-0.05, 0) is 54.9 Å². The molecular formula is C47H54O5Si2. The van der Waals surface area contributed by atoms with Gasteiger partial charge in [0.1, 0.15) is 11.4 Å². The van der Waals surface area contributed by atoms with Gasteiger partial charge in [-0.25, -0.2) is 0 Å². The summed E-state index contributed by atoms with van der Waals surface area (Å²) in [5.41, 5.74) is 0.274. The maximum atomic E-state index is 11.1. The van der Waals surface area contributed by atoms with Crippen LogP contribution in [0.25, 0.3) is 0 Å². The first-order chi connectivity index (χ1) is 25.8. The Morgan fingerprint density at radius 3 is 1.56 bits per heavy atom. The van der Waals surface area contributed by atoms with E-state index in [1.54, 1.807) is 7.11 Å².